The third-order valence-corrected chi connectivity index (χ3v) is 8.72. The molecule has 5 aromatic heterocycles. The summed E-state index contributed by atoms with van der Waals surface area (Å²) in [7, 11) is 0. The Kier molecular flexibility index (Phi) is 7.58. The lowest BCUT2D eigenvalue weighted by atomic mass is 10.1. The maximum absolute atomic E-state index is 12.8. The Morgan fingerprint density at radius 1 is 1.09 bits per heavy atom. The van der Waals surface area contributed by atoms with Crippen LogP contribution >= 0.6 is 11.8 Å². The van der Waals surface area contributed by atoms with Crippen LogP contribution < -0.4 is 10.6 Å². The average Bonchev–Trinajstić information content (AvgIpc) is 3.76. The van der Waals surface area contributed by atoms with Crippen LogP contribution in [0, 0.1) is 0 Å². The van der Waals surface area contributed by atoms with Crippen LogP contribution in [0.4, 0.5) is 0 Å². The summed E-state index contributed by atoms with van der Waals surface area (Å²) in [4.78, 5) is 46.2. The highest BCUT2D eigenvalue weighted by Gasteiger charge is 2.33. The van der Waals surface area contributed by atoms with Gasteiger partial charge in [-0.15, -0.1) is 16.9 Å². The van der Waals surface area contributed by atoms with E-state index in [1.54, 1.807) is 42.9 Å². The van der Waals surface area contributed by atoms with Gasteiger partial charge in [-0.3, -0.25) is 29.3 Å². The van der Waals surface area contributed by atoms with Crippen molar-refractivity contribution in [1.29, 1.82) is 0 Å². The van der Waals surface area contributed by atoms with Gasteiger partial charge in [0.1, 0.15) is 18.3 Å². The van der Waals surface area contributed by atoms with Crippen molar-refractivity contribution in [3.05, 3.63) is 78.4 Å². The second-order valence-corrected chi connectivity index (χ2v) is 11.7. The summed E-state index contributed by atoms with van der Waals surface area (Å²) in [5.41, 5.74) is 2.50. The third-order valence-electron chi connectivity index (χ3n) is 7.63. The van der Waals surface area contributed by atoms with Crippen molar-refractivity contribution in [2.24, 2.45) is 0 Å². The smallest absolute Gasteiger partial charge is 0.249 e. The first-order chi connectivity index (χ1) is 22.4. The number of hydrogen-bond acceptors (Lipinski definition) is 11. The Morgan fingerprint density at radius 3 is 2.78 bits per heavy atom. The molecular formula is C31H26N8O6S. The van der Waals surface area contributed by atoms with E-state index in [0.717, 1.165) is 15.5 Å². The van der Waals surface area contributed by atoms with Gasteiger partial charge in [0.2, 0.25) is 35.2 Å². The minimum Gasteiger partial charge on any atom is -0.494 e. The molecule has 1 atom stereocenters. The highest BCUT2D eigenvalue weighted by Crippen LogP contribution is 2.45. The summed E-state index contributed by atoms with van der Waals surface area (Å²) in [6.45, 7) is 0.170. The van der Waals surface area contributed by atoms with Crippen molar-refractivity contribution in [2.75, 3.05) is 0 Å². The van der Waals surface area contributed by atoms with Crippen molar-refractivity contribution >= 4 is 51.4 Å². The van der Waals surface area contributed by atoms with Gasteiger partial charge in [0.05, 0.1) is 11.1 Å². The van der Waals surface area contributed by atoms with E-state index in [2.05, 4.69) is 30.9 Å². The molecule has 1 aliphatic heterocycles. The molecule has 4 N–H and O–H groups in total. The molecule has 232 valence electrons. The fourth-order valence-corrected chi connectivity index (χ4v) is 6.42. The van der Waals surface area contributed by atoms with Crippen LogP contribution in [0.2, 0.25) is 0 Å². The molecule has 1 aliphatic rings. The van der Waals surface area contributed by atoms with Gasteiger partial charge in [-0.2, -0.15) is 0 Å². The second-order valence-electron chi connectivity index (χ2n) is 10.7. The molecule has 14 nitrogen and oxygen atoms in total. The molecule has 0 aliphatic carbocycles. The number of fused-ring (bicyclic) bond motifs is 2. The van der Waals surface area contributed by atoms with E-state index in [-0.39, 0.29) is 43.6 Å². The number of thioether (sulfide) groups is 1. The highest BCUT2D eigenvalue weighted by molar-refractivity contribution is 7.98. The lowest BCUT2D eigenvalue weighted by Gasteiger charge is -2.23. The zero-order valence-electron chi connectivity index (χ0n) is 24.1. The summed E-state index contributed by atoms with van der Waals surface area (Å²) in [6, 6.07) is 13.5. The number of hydrogen-bond donors (Lipinski definition) is 4. The normalized spacial score (nSPS) is 15.0. The first-order valence-corrected chi connectivity index (χ1v) is 15.3. The Morgan fingerprint density at radius 2 is 1.93 bits per heavy atom. The third kappa shape index (κ3) is 5.51. The number of aromatic nitrogens is 6. The van der Waals surface area contributed by atoms with E-state index in [0.29, 0.717) is 44.3 Å². The molecule has 0 saturated carbocycles. The van der Waals surface area contributed by atoms with Crippen molar-refractivity contribution < 1.29 is 29.0 Å². The minimum absolute atomic E-state index is 0.0547. The van der Waals surface area contributed by atoms with Crippen LogP contribution in [-0.4, -0.2) is 57.5 Å². The number of nitrogens with one attached hydrogen (secondary N) is 2. The number of nitrogens with zero attached hydrogens (tertiary/aromatic N) is 6. The largest absolute Gasteiger partial charge is 0.494 e. The summed E-state index contributed by atoms with van der Waals surface area (Å²) in [6.07, 6.45) is 5.24. The number of rotatable bonds is 9. The molecule has 3 amide bonds. The van der Waals surface area contributed by atoms with Gasteiger partial charge in [-0.25, -0.2) is 9.67 Å². The van der Waals surface area contributed by atoms with Gasteiger partial charge in [-0.1, -0.05) is 17.3 Å². The van der Waals surface area contributed by atoms with Gasteiger partial charge in [0, 0.05) is 58.5 Å². The van der Waals surface area contributed by atoms with E-state index in [4.69, 9.17) is 4.42 Å². The molecule has 6 heterocycles. The summed E-state index contributed by atoms with van der Waals surface area (Å²) in [5, 5.41) is 37.0. The van der Waals surface area contributed by atoms with Crippen LogP contribution in [0.5, 0.6) is 11.8 Å². The summed E-state index contributed by atoms with van der Waals surface area (Å²) < 4.78 is 8.46. The van der Waals surface area contributed by atoms with E-state index in [9.17, 15) is 24.6 Å². The monoisotopic (exact) mass is 638 g/mol. The van der Waals surface area contributed by atoms with Crippen LogP contribution in [0.25, 0.3) is 33.3 Å². The number of carbonyl (C=O) groups excluding carboxylic acids is 3. The Labute approximate surface area is 264 Å². The molecule has 1 aromatic carbocycles. The number of aromatic hydroxyl groups is 2. The average molecular weight is 639 g/mol. The quantitative estimate of drug-likeness (QED) is 0.134. The van der Waals surface area contributed by atoms with Crippen LogP contribution in [0.15, 0.2) is 76.4 Å². The number of piperidine rings is 1. The van der Waals surface area contributed by atoms with Gasteiger partial charge in [0.25, 0.3) is 0 Å². The van der Waals surface area contributed by atoms with Crippen molar-refractivity contribution in [2.45, 2.75) is 42.6 Å². The lowest BCUT2D eigenvalue weighted by molar-refractivity contribution is -0.136. The maximum atomic E-state index is 12.8. The molecule has 46 heavy (non-hydrogen) atoms. The fourth-order valence-electron chi connectivity index (χ4n) is 5.47. The number of furan rings is 1. The molecule has 0 bridgehead atoms. The van der Waals surface area contributed by atoms with Gasteiger partial charge in [-0.05, 0) is 42.8 Å². The summed E-state index contributed by atoms with van der Waals surface area (Å²) in [5.74, 6) is -0.849. The lowest BCUT2D eigenvalue weighted by Crippen LogP contribution is -2.41. The zero-order chi connectivity index (χ0) is 31.8. The van der Waals surface area contributed by atoms with Gasteiger partial charge in [0.15, 0.2) is 5.76 Å². The zero-order valence-corrected chi connectivity index (χ0v) is 24.9. The van der Waals surface area contributed by atoms with E-state index in [1.807, 2.05) is 24.3 Å². The van der Waals surface area contributed by atoms with Crippen molar-refractivity contribution in [3.63, 3.8) is 0 Å². The van der Waals surface area contributed by atoms with Crippen molar-refractivity contribution in [1.82, 2.24) is 40.2 Å². The number of carbonyl (C=O) groups is 3. The van der Waals surface area contributed by atoms with E-state index in [1.165, 1.54) is 16.4 Å². The molecule has 1 fully saturated rings. The first kappa shape index (κ1) is 29.0. The van der Waals surface area contributed by atoms with Gasteiger partial charge >= 0.3 is 0 Å². The highest BCUT2D eigenvalue weighted by atomic mass is 32.2. The molecule has 1 unspecified atom stereocenters. The standard InChI is InChI=1S/C31H26N8O6S/c40-24-9-8-21(28(42)35-24)39-30(43)20-6-1-7-23(26(20)31(39)44)46-16-19-14-38(37-36-19)15-25(41)34-13-18-5-3-10-32-27(18)22-12-17-4-2-11-33-29(17)45-22/h1-7,10-12,14,21,43-44H,8-9,13,15-16H2,(H,34,41)(H,35,40,42). The van der Waals surface area contributed by atoms with E-state index >= 15 is 0 Å². The molecule has 0 spiro atoms. The molecular weight excluding hydrogens is 612 g/mol. The number of benzene rings is 1. The minimum atomic E-state index is -0.915. The first-order valence-electron chi connectivity index (χ1n) is 14.3. The Balaban J connectivity index is 0.999. The molecule has 0 radical (unpaired) electrons. The second kappa shape index (κ2) is 12.0. The number of amides is 3. The molecule has 1 saturated heterocycles. The van der Waals surface area contributed by atoms with E-state index < -0.39 is 17.9 Å². The predicted octanol–water partition coefficient (Wildman–Crippen LogP) is 3.43. The number of imide groups is 1. The predicted molar refractivity (Wildman–Crippen MR) is 165 cm³/mol. The molecule has 6 aromatic rings. The van der Waals surface area contributed by atoms with Crippen LogP contribution in [-0.2, 0) is 33.2 Å². The Bertz CT molecular complexity index is 2100. The summed E-state index contributed by atoms with van der Waals surface area (Å²) >= 11 is 1.35. The van der Waals surface area contributed by atoms with Crippen molar-refractivity contribution in [3.8, 4) is 23.2 Å². The van der Waals surface area contributed by atoms with Crippen LogP contribution in [0.1, 0.15) is 30.1 Å². The molecule has 15 heteroatoms. The molecule has 7 rings (SSSR count). The van der Waals surface area contributed by atoms with Crippen LogP contribution in [0.3, 0.4) is 0 Å². The maximum Gasteiger partial charge on any atom is 0.249 e. The topological polar surface area (TPSA) is 190 Å². The fraction of sp³-hybridized carbons (Fsp3) is 0.194. The Hall–Kier alpha value is -5.70. The SMILES string of the molecule is O=C(Cn1cc(CSc2cccc3c(O)n(C4CCC(=O)NC4=O)c(O)c23)nn1)NCc1cccnc1-c1cc2cccnc2o1. The number of pyridine rings is 2. The van der Waals surface area contributed by atoms with Gasteiger partial charge < -0.3 is 19.9 Å².